The molecule has 0 fully saturated rings. The highest BCUT2D eigenvalue weighted by atomic mass is 14.1. The molecule has 0 spiro atoms. The largest absolute Gasteiger partial charge is 0.122 e. The van der Waals surface area contributed by atoms with Gasteiger partial charge >= 0.3 is 0 Å². The average molecular weight is 147 g/mol. The summed E-state index contributed by atoms with van der Waals surface area (Å²) in [6.07, 6.45) is 0. The molecule has 0 bridgehead atoms. The monoisotopic (exact) mass is 147 g/mol. The van der Waals surface area contributed by atoms with E-state index in [-0.39, 0.29) is 0 Å². The van der Waals surface area contributed by atoms with Gasteiger partial charge in [-0.25, -0.2) is 0 Å². The van der Waals surface area contributed by atoms with Crippen molar-refractivity contribution in [3.8, 4) is 0 Å². The minimum absolute atomic E-state index is 0.427. The fraction of sp³-hybridized carbons (Fsp3) is 0.364. The molecular weight excluding hydrogens is 132 g/mol. The average Bonchev–Trinajstić information content (AvgIpc) is 2.05. The van der Waals surface area contributed by atoms with Crippen LogP contribution in [0.5, 0.6) is 0 Å². The Labute approximate surface area is 69.3 Å². The van der Waals surface area contributed by atoms with Crippen molar-refractivity contribution in [2.24, 2.45) is 5.92 Å². The molecule has 58 valence electrons. The number of hydrogen-bond acceptors (Lipinski definition) is 0. The Balaban J connectivity index is 2.77. The Kier molecular flexibility index (Phi) is 2.58. The molecule has 1 aromatic rings. The van der Waals surface area contributed by atoms with Crippen molar-refractivity contribution in [2.75, 3.05) is 0 Å². The summed E-state index contributed by atoms with van der Waals surface area (Å²) in [5.74, 6) is 1.05. The van der Waals surface area contributed by atoms with Crippen LogP contribution in [-0.2, 0) is 0 Å². The molecule has 1 unspecified atom stereocenters. The maximum atomic E-state index is 4.11. The fourth-order valence-electron chi connectivity index (χ4n) is 1.09. The lowest BCUT2D eigenvalue weighted by Gasteiger charge is -2.08. The molecule has 0 aliphatic carbocycles. The molecule has 0 nitrogen and oxygen atoms in total. The van der Waals surface area contributed by atoms with Crippen molar-refractivity contribution >= 4 is 0 Å². The summed E-state index contributed by atoms with van der Waals surface area (Å²) < 4.78 is 0. The van der Waals surface area contributed by atoms with Gasteiger partial charge in [0, 0.05) is 5.92 Å². The summed E-state index contributed by atoms with van der Waals surface area (Å²) in [6, 6.07) is 10.4. The topological polar surface area (TPSA) is 0 Å². The van der Waals surface area contributed by atoms with Gasteiger partial charge in [0.1, 0.15) is 5.92 Å². The molecule has 0 aliphatic rings. The third-order valence-corrected chi connectivity index (χ3v) is 2.03. The second-order valence-electron chi connectivity index (χ2n) is 3.26. The molecule has 0 radical (unpaired) electrons. The van der Waals surface area contributed by atoms with E-state index in [1.807, 2.05) is 6.07 Å². The summed E-state index contributed by atoms with van der Waals surface area (Å²) >= 11 is 0. The molecule has 0 N–H and O–H groups in total. The molecule has 0 heteroatoms. The van der Waals surface area contributed by atoms with Gasteiger partial charge in [0.25, 0.3) is 0 Å². The van der Waals surface area contributed by atoms with E-state index in [1.54, 1.807) is 0 Å². The van der Waals surface area contributed by atoms with Gasteiger partial charge in [-0.3, -0.25) is 0 Å². The van der Waals surface area contributed by atoms with E-state index in [4.69, 9.17) is 0 Å². The van der Waals surface area contributed by atoms with E-state index < -0.39 is 0 Å². The smallest absolute Gasteiger partial charge is 0.0622 e. The molecular formula is C11H15+. The van der Waals surface area contributed by atoms with Gasteiger partial charge in [-0.15, -0.1) is 0 Å². The highest BCUT2D eigenvalue weighted by molar-refractivity contribution is 5.20. The first-order valence-corrected chi connectivity index (χ1v) is 4.10. The Hall–Kier alpha value is -0.910. The number of benzene rings is 1. The molecule has 0 heterocycles. The molecule has 0 saturated carbocycles. The van der Waals surface area contributed by atoms with Crippen LogP contribution in [-0.4, -0.2) is 0 Å². The zero-order chi connectivity index (χ0) is 8.27. The summed E-state index contributed by atoms with van der Waals surface area (Å²) in [6.45, 7) is 8.51. The van der Waals surface area contributed by atoms with E-state index >= 15 is 0 Å². The quantitative estimate of drug-likeness (QED) is 0.563. The molecule has 0 aromatic heterocycles. The minimum atomic E-state index is 0.427. The van der Waals surface area contributed by atoms with Crippen LogP contribution in [0.1, 0.15) is 25.3 Å². The van der Waals surface area contributed by atoms with Gasteiger partial charge in [-0.1, -0.05) is 44.2 Å². The van der Waals surface area contributed by atoms with Crippen LogP contribution >= 0.6 is 0 Å². The van der Waals surface area contributed by atoms with Gasteiger partial charge in [0.05, 0.1) is 6.92 Å². The number of rotatable bonds is 2. The van der Waals surface area contributed by atoms with E-state index in [0.717, 1.165) is 0 Å². The standard InChI is InChI=1S/C11H15/c1-9(2)10(3)11-7-5-4-6-8-11/h4-10H,3H2,1-2H3/q+1. The van der Waals surface area contributed by atoms with Crippen LogP contribution in [0.2, 0.25) is 0 Å². The van der Waals surface area contributed by atoms with Gasteiger partial charge in [-0.05, 0) is 5.56 Å². The zero-order valence-electron chi connectivity index (χ0n) is 7.25. The molecule has 1 atom stereocenters. The Morgan fingerprint density at radius 3 is 2.09 bits per heavy atom. The molecule has 0 aliphatic heterocycles. The van der Waals surface area contributed by atoms with Crippen LogP contribution in [0.3, 0.4) is 0 Å². The maximum absolute atomic E-state index is 4.11. The van der Waals surface area contributed by atoms with Crippen LogP contribution in [0.4, 0.5) is 0 Å². The normalized spacial score (nSPS) is 13.4. The lowest BCUT2D eigenvalue weighted by molar-refractivity contribution is 0.575. The second-order valence-corrected chi connectivity index (χ2v) is 3.26. The summed E-state index contributed by atoms with van der Waals surface area (Å²) in [5, 5.41) is 0. The minimum Gasteiger partial charge on any atom is -0.0622 e. The van der Waals surface area contributed by atoms with Crippen molar-refractivity contribution in [1.29, 1.82) is 0 Å². The summed E-state index contributed by atoms with van der Waals surface area (Å²) in [4.78, 5) is 0. The number of hydrogen-bond donors (Lipinski definition) is 0. The third kappa shape index (κ3) is 2.01. The Morgan fingerprint density at radius 1 is 1.09 bits per heavy atom. The summed E-state index contributed by atoms with van der Waals surface area (Å²) in [7, 11) is 0. The second kappa shape index (κ2) is 3.47. The van der Waals surface area contributed by atoms with Crippen LogP contribution in [0, 0.1) is 12.8 Å². The Morgan fingerprint density at radius 2 is 1.64 bits per heavy atom. The zero-order valence-corrected chi connectivity index (χ0v) is 7.25. The van der Waals surface area contributed by atoms with Gasteiger partial charge in [0.15, 0.2) is 0 Å². The van der Waals surface area contributed by atoms with Crippen molar-refractivity contribution in [2.45, 2.75) is 19.8 Å². The molecule has 0 saturated heterocycles. The predicted octanol–water partition coefficient (Wildman–Crippen LogP) is 3.26. The summed E-state index contributed by atoms with van der Waals surface area (Å²) in [5.41, 5.74) is 1.34. The lowest BCUT2D eigenvalue weighted by atomic mass is 9.91. The first kappa shape index (κ1) is 8.19. The van der Waals surface area contributed by atoms with E-state index in [2.05, 4.69) is 45.0 Å². The first-order valence-electron chi connectivity index (χ1n) is 4.10. The van der Waals surface area contributed by atoms with Crippen molar-refractivity contribution in [1.82, 2.24) is 0 Å². The fourth-order valence-corrected chi connectivity index (χ4v) is 1.09. The van der Waals surface area contributed by atoms with E-state index in [9.17, 15) is 0 Å². The Bertz CT molecular complexity index is 199. The van der Waals surface area contributed by atoms with Crippen molar-refractivity contribution in [3.05, 3.63) is 42.8 Å². The molecule has 1 rings (SSSR count). The van der Waals surface area contributed by atoms with Gasteiger partial charge in [0.2, 0.25) is 0 Å². The maximum Gasteiger partial charge on any atom is 0.122 e. The van der Waals surface area contributed by atoms with E-state index in [0.29, 0.717) is 11.8 Å². The van der Waals surface area contributed by atoms with Gasteiger partial charge < -0.3 is 0 Å². The predicted molar refractivity (Wildman–Crippen MR) is 49.4 cm³/mol. The van der Waals surface area contributed by atoms with Crippen molar-refractivity contribution in [3.63, 3.8) is 0 Å². The van der Waals surface area contributed by atoms with Crippen LogP contribution < -0.4 is 0 Å². The van der Waals surface area contributed by atoms with Crippen LogP contribution in [0.15, 0.2) is 30.3 Å². The van der Waals surface area contributed by atoms with Crippen molar-refractivity contribution < 1.29 is 0 Å². The highest BCUT2D eigenvalue weighted by Gasteiger charge is 2.14. The first-order chi connectivity index (χ1) is 5.22. The highest BCUT2D eigenvalue weighted by Crippen LogP contribution is 2.22. The lowest BCUT2D eigenvalue weighted by Crippen LogP contribution is -2.01. The third-order valence-electron chi connectivity index (χ3n) is 2.03. The molecule has 1 aromatic carbocycles. The van der Waals surface area contributed by atoms with Gasteiger partial charge in [-0.2, -0.15) is 0 Å². The SMILES string of the molecule is [CH2+]C(c1ccccc1)C(C)C. The van der Waals surface area contributed by atoms with Crippen LogP contribution in [0.25, 0.3) is 0 Å². The molecule has 11 heavy (non-hydrogen) atoms. The molecule has 0 amide bonds. The van der Waals surface area contributed by atoms with E-state index in [1.165, 1.54) is 5.56 Å².